The first kappa shape index (κ1) is 30.4. The number of aliphatic hydroxyl groups excluding tert-OH is 1. The van der Waals surface area contributed by atoms with Crippen molar-refractivity contribution in [2.45, 2.75) is 36.9 Å². The highest BCUT2D eigenvalue weighted by molar-refractivity contribution is 8.02. The number of ether oxygens (including phenoxy) is 1. The molecule has 0 saturated carbocycles. The molecule has 1 N–H and O–H groups in total. The highest BCUT2D eigenvalue weighted by Crippen LogP contribution is 2.38. The summed E-state index contributed by atoms with van der Waals surface area (Å²) in [6, 6.07) is 18.6. The Morgan fingerprint density at radius 3 is 2.41 bits per heavy atom. The van der Waals surface area contributed by atoms with Crippen LogP contribution in [0, 0.1) is 18.3 Å². The topological polar surface area (TPSA) is 46.5 Å². The largest absolute Gasteiger partial charge is 0.511 e. The summed E-state index contributed by atoms with van der Waals surface area (Å²) >= 11 is 2.82. The van der Waals surface area contributed by atoms with E-state index in [0.29, 0.717) is 33.9 Å². The lowest BCUT2D eigenvalue weighted by Gasteiger charge is -2.31. The first-order valence-electron chi connectivity index (χ1n) is 13.0. The SMILES string of the molecule is C#Cc1cc(-c2ccccc2)cc(CC)c1C1=C(O)CC(C(CSC=C)CSc2ccc(C(F)(F)F)cc2)OC1=O. The first-order valence-corrected chi connectivity index (χ1v) is 15.0. The van der Waals surface area contributed by atoms with Crippen molar-refractivity contribution in [2.75, 3.05) is 11.5 Å². The fraction of sp³-hybridized carbons (Fsp3) is 0.242. The number of cyclic esters (lactones) is 1. The number of benzene rings is 3. The van der Waals surface area contributed by atoms with Crippen LogP contribution in [0.3, 0.4) is 0 Å². The minimum Gasteiger partial charge on any atom is -0.511 e. The quantitative estimate of drug-likeness (QED) is 0.144. The Hall–Kier alpha value is -3.54. The van der Waals surface area contributed by atoms with Gasteiger partial charge in [-0.05, 0) is 58.9 Å². The summed E-state index contributed by atoms with van der Waals surface area (Å²) in [5, 5.41) is 12.9. The van der Waals surface area contributed by atoms with Crippen LogP contribution in [0.4, 0.5) is 13.2 Å². The van der Waals surface area contributed by atoms with E-state index < -0.39 is 23.8 Å². The number of carbonyl (C=O) groups excluding carboxylic acids is 1. The molecule has 0 fully saturated rings. The van der Waals surface area contributed by atoms with Crippen LogP contribution in [-0.2, 0) is 22.1 Å². The summed E-state index contributed by atoms with van der Waals surface area (Å²) < 4.78 is 44.7. The van der Waals surface area contributed by atoms with Crippen molar-refractivity contribution < 1.29 is 27.8 Å². The van der Waals surface area contributed by atoms with E-state index in [-0.39, 0.29) is 23.7 Å². The molecule has 0 spiro atoms. The van der Waals surface area contributed by atoms with E-state index in [9.17, 15) is 23.1 Å². The predicted molar refractivity (Wildman–Crippen MR) is 162 cm³/mol. The Kier molecular flexibility index (Phi) is 9.95. The van der Waals surface area contributed by atoms with Crippen molar-refractivity contribution >= 4 is 35.1 Å². The normalized spacial score (nSPS) is 16.2. The molecular formula is C33H29F3O3S2. The molecule has 3 aromatic rings. The second-order valence-corrected chi connectivity index (χ2v) is 11.6. The third-order valence-corrected chi connectivity index (χ3v) is 8.92. The average Bonchev–Trinajstić information content (AvgIpc) is 2.97. The van der Waals surface area contributed by atoms with Crippen molar-refractivity contribution in [1.82, 2.24) is 0 Å². The van der Waals surface area contributed by atoms with Gasteiger partial charge in [0.25, 0.3) is 0 Å². The Labute approximate surface area is 246 Å². The van der Waals surface area contributed by atoms with Gasteiger partial charge in [-0.15, -0.1) is 29.9 Å². The van der Waals surface area contributed by atoms with E-state index in [4.69, 9.17) is 11.2 Å². The van der Waals surface area contributed by atoms with Gasteiger partial charge in [-0.1, -0.05) is 55.8 Å². The van der Waals surface area contributed by atoms with Gasteiger partial charge in [0, 0.05) is 39.9 Å². The number of aliphatic hydroxyl groups is 1. The predicted octanol–water partition coefficient (Wildman–Crippen LogP) is 8.79. The molecule has 0 bridgehead atoms. The number of hydrogen-bond donors (Lipinski definition) is 1. The molecule has 3 nitrogen and oxygen atoms in total. The second-order valence-electron chi connectivity index (χ2n) is 9.48. The van der Waals surface area contributed by atoms with Crippen LogP contribution in [0.1, 0.15) is 35.6 Å². The summed E-state index contributed by atoms with van der Waals surface area (Å²) in [6.45, 7) is 5.70. The van der Waals surface area contributed by atoms with Crippen LogP contribution in [0.15, 0.2) is 89.4 Å². The maximum absolute atomic E-state index is 13.4. The van der Waals surface area contributed by atoms with Gasteiger partial charge in [0.05, 0.1) is 5.56 Å². The van der Waals surface area contributed by atoms with E-state index in [0.717, 1.165) is 28.8 Å². The molecule has 41 heavy (non-hydrogen) atoms. The Morgan fingerprint density at radius 1 is 1.12 bits per heavy atom. The number of esters is 1. The highest BCUT2D eigenvalue weighted by atomic mass is 32.2. The van der Waals surface area contributed by atoms with Gasteiger partial charge in [-0.2, -0.15) is 13.2 Å². The summed E-state index contributed by atoms with van der Waals surface area (Å²) in [5.74, 6) is 2.78. The van der Waals surface area contributed by atoms with Crippen LogP contribution in [0.2, 0.25) is 0 Å². The zero-order valence-electron chi connectivity index (χ0n) is 22.4. The van der Waals surface area contributed by atoms with E-state index in [1.165, 1.54) is 35.7 Å². The van der Waals surface area contributed by atoms with Gasteiger partial charge in [0.1, 0.15) is 17.4 Å². The zero-order chi connectivity index (χ0) is 29.6. The molecular weight excluding hydrogens is 565 g/mol. The standard InChI is InChI=1S/C33H29F3O3S2/c1-4-21-16-24(23-10-8-7-9-11-23)17-22(5-2)30(21)31-28(37)18-29(39-32(31)38)25(19-40-6-3)20-41-27-14-12-26(13-15-27)33(34,35)36/h1,6-17,25,29,37H,3,5,18-20H2,2H3. The van der Waals surface area contributed by atoms with Crippen LogP contribution in [0.5, 0.6) is 0 Å². The molecule has 1 aliphatic heterocycles. The van der Waals surface area contributed by atoms with Crippen LogP contribution >= 0.6 is 23.5 Å². The monoisotopic (exact) mass is 594 g/mol. The molecule has 4 rings (SSSR count). The second kappa shape index (κ2) is 13.4. The number of thioether (sulfide) groups is 2. The molecule has 0 saturated heterocycles. The average molecular weight is 595 g/mol. The Morgan fingerprint density at radius 2 is 1.83 bits per heavy atom. The number of rotatable bonds is 10. The molecule has 212 valence electrons. The summed E-state index contributed by atoms with van der Waals surface area (Å²) in [4.78, 5) is 14.1. The number of aryl methyl sites for hydroxylation is 1. The van der Waals surface area contributed by atoms with Crippen molar-refractivity contribution in [3.05, 3.63) is 107 Å². The summed E-state index contributed by atoms with van der Waals surface area (Å²) in [6.07, 6.45) is 1.56. The Balaban J connectivity index is 1.60. The molecule has 0 radical (unpaired) electrons. The van der Waals surface area contributed by atoms with Crippen LogP contribution in [0.25, 0.3) is 16.7 Å². The summed E-state index contributed by atoms with van der Waals surface area (Å²) in [7, 11) is 0. The molecule has 1 aliphatic rings. The minimum absolute atomic E-state index is 0.0798. The molecule has 0 amide bonds. The summed E-state index contributed by atoms with van der Waals surface area (Å²) in [5.41, 5.74) is 3.11. The van der Waals surface area contributed by atoms with Crippen LogP contribution < -0.4 is 0 Å². The fourth-order valence-corrected chi connectivity index (χ4v) is 6.68. The fourth-order valence-electron chi connectivity index (χ4n) is 4.74. The lowest BCUT2D eigenvalue weighted by molar-refractivity contribution is -0.145. The highest BCUT2D eigenvalue weighted by Gasteiger charge is 2.36. The molecule has 8 heteroatoms. The first-order chi connectivity index (χ1) is 19.7. The van der Waals surface area contributed by atoms with E-state index in [2.05, 4.69) is 12.5 Å². The number of carbonyl (C=O) groups is 1. The van der Waals surface area contributed by atoms with Gasteiger partial charge in [-0.3, -0.25) is 0 Å². The third kappa shape index (κ3) is 7.22. The number of hydrogen-bond acceptors (Lipinski definition) is 5. The Bertz CT molecular complexity index is 1470. The number of terminal acetylenes is 1. The van der Waals surface area contributed by atoms with Crippen molar-refractivity contribution in [3.63, 3.8) is 0 Å². The van der Waals surface area contributed by atoms with Gasteiger partial charge in [-0.25, -0.2) is 4.79 Å². The van der Waals surface area contributed by atoms with Gasteiger partial charge in [0.2, 0.25) is 0 Å². The van der Waals surface area contributed by atoms with E-state index in [1.807, 2.05) is 49.4 Å². The van der Waals surface area contributed by atoms with Gasteiger partial charge in [0.15, 0.2) is 0 Å². The zero-order valence-corrected chi connectivity index (χ0v) is 24.0. The van der Waals surface area contributed by atoms with Crippen molar-refractivity contribution in [3.8, 4) is 23.5 Å². The van der Waals surface area contributed by atoms with E-state index in [1.54, 1.807) is 5.41 Å². The van der Waals surface area contributed by atoms with Gasteiger partial charge >= 0.3 is 12.1 Å². The molecule has 2 atom stereocenters. The molecule has 0 aliphatic carbocycles. The third-order valence-electron chi connectivity index (χ3n) is 6.86. The molecule has 3 aromatic carbocycles. The smallest absolute Gasteiger partial charge is 0.416 e. The number of halogens is 3. The minimum atomic E-state index is -4.40. The molecule has 2 unspecified atom stereocenters. The van der Waals surface area contributed by atoms with E-state index >= 15 is 0 Å². The lowest BCUT2D eigenvalue weighted by Crippen LogP contribution is -2.35. The van der Waals surface area contributed by atoms with Crippen LogP contribution in [-0.4, -0.2) is 28.7 Å². The van der Waals surface area contributed by atoms with Crippen molar-refractivity contribution in [1.29, 1.82) is 0 Å². The molecule has 1 heterocycles. The van der Waals surface area contributed by atoms with Crippen molar-refractivity contribution in [2.24, 2.45) is 5.92 Å². The maximum Gasteiger partial charge on any atom is 0.416 e. The number of alkyl halides is 3. The maximum atomic E-state index is 13.4. The lowest BCUT2D eigenvalue weighted by atomic mass is 9.86. The molecule has 0 aromatic heterocycles. The van der Waals surface area contributed by atoms with Gasteiger partial charge < -0.3 is 9.84 Å².